The van der Waals surface area contributed by atoms with Crippen LogP contribution in [0.1, 0.15) is 31.3 Å². The van der Waals surface area contributed by atoms with Crippen molar-refractivity contribution >= 4 is 0 Å². The van der Waals surface area contributed by atoms with E-state index in [-0.39, 0.29) is 5.60 Å². The number of aliphatic hydroxyl groups is 1. The lowest BCUT2D eigenvalue weighted by Gasteiger charge is -2.18. The molecule has 1 aliphatic rings. The first-order valence-electron chi connectivity index (χ1n) is 4.06. The number of hydrogen-bond donors (Lipinski definition) is 1. The van der Waals surface area contributed by atoms with Gasteiger partial charge in [0.2, 0.25) is 0 Å². The van der Waals surface area contributed by atoms with Crippen molar-refractivity contribution in [2.45, 2.75) is 25.7 Å². The van der Waals surface area contributed by atoms with Gasteiger partial charge in [0, 0.05) is 5.56 Å². The topological polar surface area (TPSA) is 29.5 Å². The summed E-state index contributed by atoms with van der Waals surface area (Å²) in [6, 6.07) is 7.76. The van der Waals surface area contributed by atoms with Crippen molar-refractivity contribution in [2.24, 2.45) is 0 Å². The molecule has 12 heavy (non-hydrogen) atoms. The van der Waals surface area contributed by atoms with Crippen LogP contribution in [-0.4, -0.2) is 5.11 Å². The van der Waals surface area contributed by atoms with Gasteiger partial charge in [0.1, 0.15) is 0 Å². The molecule has 0 aromatic heterocycles. The van der Waals surface area contributed by atoms with Crippen molar-refractivity contribution in [3.05, 3.63) is 35.4 Å². The third-order valence-electron chi connectivity index (χ3n) is 2.28. The molecule has 0 amide bonds. The van der Waals surface area contributed by atoms with Crippen molar-refractivity contribution < 1.29 is 9.84 Å². The van der Waals surface area contributed by atoms with Gasteiger partial charge in [0.25, 0.3) is 0 Å². The third-order valence-corrected chi connectivity index (χ3v) is 2.28. The molecule has 0 saturated heterocycles. The first kappa shape index (κ1) is 7.77. The highest BCUT2D eigenvalue weighted by molar-refractivity contribution is 5.35. The van der Waals surface area contributed by atoms with Crippen molar-refractivity contribution in [1.29, 1.82) is 0 Å². The van der Waals surface area contributed by atoms with Gasteiger partial charge in [-0.3, -0.25) is 0 Å². The number of rotatable bonds is 0. The average molecular weight is 164 g/mol. The van der Waals surface area contributed by atoms with E-state index in [1.807, 2.05) is 38.1 Å². The van der Waals surface area contributed by atoms with Crippen LogP contribution < -0.4 is 0 Å². The van der Waals surface area contributed by atoms with Gasteiger partial charge in [0.15, 0.2) is 6.29 Å². The monoisotopic (exact) mass is 164 g/mol. The molecule has 0 unspecified atom stereocenters. The number of benzene rings is 1. The van der Waals surface area contributed by atoms with E-state index in [0.717, 1.165) is 11.1 Å². The summed E-state index contributed by atoms with van der Waals surface area (Å²) in [4.78, 5) is 0. The van der Waals surface area contributed by atoms with E-state index in [2.05, 4.69) is 0 Å². The van der Waals surface area contributed by atoms with Crippen LogP contribution in [0.4, 0.5) is 0 Å². The highest BCUT2D eigenvalue weighted by atomic mass is 16.6. The van der Waals surface area contributed by atoms with Crippen LogP contribution in [0.5, 0.6) is 0 Å². The molecule has 0 spiro atoms. The predicted molar refractivity (Wildman–Crippen MR) is 45.5 cm³/mol. The standard InChI is InChI=1S/C10H12O2/c1-10(2)8-6-4-3-5-7(8)9(11)12-10/h3-6,9,11H,1-2H3/t9-/m0/s1. The number of ether oxygens (including phenoxy) is 1. The molecule has 0 fully saturated rings. The summed E-state index contributed by atoms with van der Waals surface area (Å²) in [5, 5.41) is 9.49. The molecule has 2 rings (SSSR count). The van der Waals surface area contributed by atoms with Crippen LogP contribution in [0.2, 0.25) is 0 Å². The van der Waals surface area contributed by atoms with Gasteiger partial charge >= 0.3 is 0 Å². The second-order valence-corrected chi connectivity index (χ2v) is 3.57. The number of hydrogen-bond acceptors (Lipinski definition) is 2. The van der Waals surface area contributed by atoms with E-state index in [1.165, 1.54) is 0 Å². The van der Waals surface area contributed by atoms with E-state index >= 15 is 0 Å². The molecule has 64 valence electrons. The first-order chi connectivity index (χ1) is 5.61. The van der Waals surface area contributed by atoms with Gasteiger partial charge in [-0.2, -0.15) is 0 Å². The van der Waals surface area contributed by atoms with Gasteiger partial charge in [-0.1, -0.05) is 24.3 Å². The molecule has 1 aliphatic heterocycles. The highest BCUT2D eigenvalue weighted by Gasteiger charge is 2.36. The third kappa shape index (κ3) is 0.958. The average Bonchev–Trinajstić information content (AvgIpc) is 2.25. The Bertz CT molecular complexity index is 304. The molecule has 1 heterocycles. The fraction of sp³-hybridized carbons (Fsp3) is 0.400. The van der Waals surface area contributed by atoms with Gasteiger partial charge in [0.05, 0.1) is 5.60 Å². The largest absolute Gasteiger partial charge is 0.364 e. The second-order valence-electron chi connectivity index (χ2n) is 3.57. The van der Waals surface area contributed by atoms with Crippen LogP contribution in [0.15, 0.2) is 24.3 Å². The molecule has 1 atom stereocenters. The van der Waals surface area contributed by atoms with Crippen LogP contribution in [-0.2, 0) is 10.3 Å². The van der Waals surface area contributed by atoms with Gasteiger partial charge < -0.3 is 9.84 Å². The molecule has 1 N–H and O–H groups in total. The quantitative estimate of drug-likeness (QED) is 0.635. The molecule has 0 radical (unpaired) electrons. The number of fused-ring (bicyclic) bond motifs is 1. The summed E-state index contributed by atoms with van der Waals surface area (Å²) >= 11 is 0. The van der Waals surface area contributed by atoms with Crippen LogP contribution >= 0.6 is 0 Å². The van der Waals surface area contributed by atoms with E-state index in [4.69, 9.17) is 4.74 Å². The normalized spacial score (nSPS) is 25.4. The zero-order chi connectivity index (χ0) is 8.77. The van der Waals surface area contributed by atoms with Gasteiger partial charge in [-0.05, 0) is 19.4 Å². The maximum atomic E-state index is 9.49. The molecular formula is C10H12O2. The molecule has 0 aliphatic carbocycles. The lowest BCUT2D eigenvalue weighted by atomic mass is 9.96. The minimum Gasteiger partial charge on any atom is -0.364 e. The molecule has 2 nitrogen and oxygen atoms in total. The van der Waals surface area contributed by atoms with Crippen LogP contribution in [0.25, 0.3) is 0 Å². The summed E-state index contributed by atoms with van der Waals surface area (Å²) in [6.07, 6.45) is -0.754. The highest BCUT2D eigenvalue weighted by Crippen LogP contribution is 2.41. The minimum absolute atomic E-state index is 0.351. The number of aliphatic hydroxyl groups excluding tert-OH is 1. The maximum absolute atomic E-state index is 9.49. The first-order valence-corrected chi connectivity index (χ1v) is 4.06. The summed E-state index contributed by atoms with van der Waals surface area (Å²) < 4.78 is 5.37. The van der Waals surface area contributed by atoms with Crippen LogP contribution in [0.3, 0.4) is 0 Å². The van der Waals surface area contributed by atoms with E-state index in [9.17, 15) is 5.11 Å². The Labute approximate surface area is 71.8 Å². The van der Waals surface area contributed by atoms with E-state index in [1.54, 1.807) is 0 Å². The zero-order valence-corrected chi connectivity index (χ0v) is 7.24. The molecule has 0 bridgehead atoms. The Morgan fingerprint density at radius 1 is 1.33 bits per heavy atom. The molecule has 1 aromatic rings. The van der Waals surface area contributed by atoms with Crippen molar-refractivity contribution in [1.82, 2.24) is 0 Å². The summed E-state index contributed by atoms with van der Waals surface area (Å²) in [5.41, 5.74) is 1.62. The molecule has 0 saturated carbocycles. The van der Waals surface area contributed by atoms with E-state index < -0.39 is 6.29 Å². The summed E-state index contributed by atoms with van der Waals surface area (Å²) in [6.45, 7) is 3.92. The second kappa shape index (κ2) is 2.31. The van der Waals surface area contributed by atoms with Crippen LogP contribution in [0, 0.1) is 0 Å². The van der Waals surface area contributed by atoms with Crippen molar-refractivity contribution in [3.63, 3.8) is 0 Å². The maximum Gasteiger partial charge on any atom is 0.182 e. The van der Waals surface area contributed by atoms with Crippen molar-refractivity contribution in [2.75, 3.05) is 0 Å². The molecule has 2 heteroatoms. The molecular weight excluding hydrogens is 152 g/mol. The van der Waals surface area contributed by atoms with E-state index in [0.29, 0.717) is 0 Å². The van der Waals surface area contributed by atoms with Gasteiger partial charge in [-0.15, -0.1) is 0 Å². The summed E-state index contributed by atoms with van der Waals surface area (Å²) in [5.74, 6) is 0. The molecule has 1 aromatic carbocycles. The Morgan fingerprint density at radius 3 is 2.67 bits per heavy atom. The predicted octanol–water partition coefficient (Wildman–Crippen LogP) is 1.94. The fourth-order valence-corrected chi connectivity index (χ4v) is 1.67. The smallest absolute Gasteiger partial charge is 0.182 e. The fourth-order valence-electron chi connectivity index (χ4n) is 1.67. The SMILES string of the molecule is CC1(C)O[C@H](O)c2ccccc21. The lowest BCUT2D eigenvalue weighted by molar-refractivity contribution is -0.157. The Hall–Kier alpha value is -0.860. The summed E-state index contributed by atoms with van der Waals surface area (Å²) in [7, 11) is 0. The zero-order valence-electron chi connectivity index (χ0n) is 7.24. The Balaban J connectivity index is 2.58. The Morgan fingerprint density at radius 2 is 2.00 bits per heavy atom. The van der Waals surface area contributed by atoms with Gasteiger partial charge in [-0.25, -0.2) is 0 Å². The van der Waals surface area contributed by atoms with Crippen molar-refractivity contribution in [3.8, 4) is 0 Å². The lowest BCUT2D eigenvalue weighted by Crippen LogP contribution is -2.15. The Kier molecular flexibility index (Phi) is 1.50. The minimum atomic E-state index is -0.754.